The van der Waals surface area contributed by atoms with E-state index in [4.69, 9.17) is 0 Å². The topological polar surface area (TPSA) is 81.0 Å². The van der Waals surface area contributed by atoms with Crippen LogP contribution in [0.5, 0.6) is 11.5 Å². The lowest BCUT2D eigenvalue weighted by Gasteiger charge is -2.51. The quantitative estimate of drug-likeness (QED) is 0.578. The number of hydrogen-bond acceptors (Lipinski definition) is 5. The van der Waals surface area contributed by atoms with Crippen LogP contribution in [0.2, 0.25) is 0 Å². The molecule has 0 spiro atoms. The maximum Gasteiger partial charge on any atom is 0.161 e. The third-order valence-corrected chi connectivity index (χ3v) is 7.46. The second-order valence-electron chi connectivity index (χ2n) is 9.39. The Labute approximate surface area is 174 Å². The molecule has 0 radical (unpaired) electrons. The van der Waals surface area contributed by atoms with E-state index < -0.39 is 11.5 Å². The summed E-state index contributed by atoms with van der Waals surface area (Å²) in [7, 11) is 2.11. The maximum absolute atomic E-state index is 12.9. The molecule has 3 rings (SSSR count). The van der Waals surface area contributed by atoms with Crippen LogP contribution in [-0.2, 0) is 16.6 Å². The number of carbonyl (C=O) groups excluding carboxylic acids is 1. The monoisotopic (exact) mass is 403 g/mol. The smallest absolute Gasteiger partial charge is 0.161 e. The van der Waals surface area contributed by atoms with Gasteiger partial charge >= 0.3 is 0 Å². The fraction of sp³-hybridized carbons (Fsp3) is 0.708. The summed E-state index contributed by atoms with van der Waals surface area (Å²) in [5.41, 5.74) is 0.916. The third-order valence-electron chi connectivity index (χ3n) is 7.46. The molecule has 5 heteroatoms. The van der Waals surface area contributed by atoms with E-state index in [1.165, 1.54) is 18.9 Å². The van der Waals surface area contributed by atoms with Gasteiger partial charge in [0.25, 0.3) is 0 Å². The summed E-state index contributed by atoms with van der Waals surface area (Å²) >= 11 is 0. The lowest BCUT2D eigenvalue weighted by atomic mass is 9.53. The molecule has 4 unspecified atom stereocenters. The average molecular weight is 404 g/mol. The first-order valence-corrected chi connectivity index (χ1v) is 11.2. The van der Waals surface area contributed by atoms with Gasteiger partial charge in [0, 0.05) is 29.9 Å². The van der Waals surface area contributed by atoms with Crippen LogP contribution in [0.4, 0.5) is 0 Å². The third kappa shape index (κ3) is 4.17. The van der Waals surface area contributed by atoms with Crippen molar-refractivity contribution in [2.24, 2.45) is 17.8 Å². The van der Waals surface area contributed by atoms with Crippen molar-refractivity contribution in [3.05, 3.63) is 23.3 Å². The summed E-state index contributed by atoms with van der Waals surface area (Å²) in [4.78, 5) is 15.3. The van der Waals surface area contributed by atoms with Gasteiger partial charge in [0.1, 0.15) is 5.78 Å². The van der Waals surface area contributed by atoms with E-state index in [0.29, 0.717) is 31.2 Å². The summed E-state index contributed by atoms with van der Waals surface area (Å²) in [6.45, 7) is 7.59. The first kappa shape index (κ1) is 22.1. The molecule has 29 heavy (non-hydrogen) atoms. The minimum absolute atomic E-state index is 0.124. The van der Waals surface area contributed by atoms with Crippen LogP contribution in [0.15, 0.2) is 12.1 Å². The zero-order valence-corrected chi connectivity index (χ0v) is 18.3. The molecule has 2 aliphatic rings. The molecule has 2 fully saturated rings. The number of benzene rings is 1. The number of nitrogens with zero attached hydrogens (tertiary/aromatic N) is 1. The van der Waals surface area contributed by atoms with Crippen molar-refractivity contribution in [2.75, 3.05) is 20.1 Å². The van der Waals surface area contributed by atoms with Gasteiger partial charge < -0.3 is 20.2 Å². The Morgan fingerprint density at radius 2 is 1.93 bits per heavy atom. The van der Waals surface area contributed by atoms with Crippen molar-refractivity contribution in [1.82, 2.24) is 4.90 Å². The normalized spacial score (nSPS) is 28.7. The summed E-state index contributed by atoms with van der Waals surface area (Å²) in [5, 5.41) is 32.1. The lowest BCUT2D eigenvalue weighted by molar-refractivity contribution is -0.132. The molecule has 4 atom stereocenters. The second kappa shape index (κ2) is 8.65. The van der Waals surface area contributed by atoms with Crippen molar-refractivity contribution in [2.45, 2.75) is 70.8 Å². The van der Waals surface area contributed by atoms with Crippen molar-refractivity contribution in [3.63, 3.8) is 0 Å². The Hall–Kier alpha value is -1.59. The van der Waals surface area contributed by atoms with Crippen molar-refractivity contribution in [1.29, 1.82) is 0 Å². The van der Waals surface area contributed by atoms with Gasteiger partial charge in [0.05, 0.1) is 6.10 Å². The van der Waals surface area contributed by atoms with Crippen molar-refractivity contribution >= 4 is 5.78 Å². The highest BCUT2D eigenvalue weighted by atomic mass is 16.3. The zero-order chi connectivity index (χ0) is 21.3. The molecule has 3 N–H and O–H groups in total. The molecular weight excluding hydrogens is 366 g/mol. The average Bonchev–Trinajstić information content (AvgIpc) is 3.49. The number of aliphatic hydroxyl groups excluding tert-OH is 1. The second-order valence-corrected chi connectivity index (χ2v) is 9.39. The molecular formula is C24H37NO4. The van der Waals surface area contributed by atoms with Crippen LogP contribution in [0.25, 0.3) is 0 Å². The Bertz CT molecular complexity index is 743. The van der Waals surface area contributed by atoms with E-state index in [1.54, 1.807) is 6.92 Å². The number of phenolic OH excluding ortho intramolecular Hbond substituents is 2. The summed E-state index contributed by atoms with van der Waals surface area (Å²) in [6.07, 6.45) is 4.38. The minimum atomic E-state index is -0.699. The number of Topliss-reactive ketones (excluding diaryl/α,β-unsaturated/α-hetero) is 1. The minimum Gasteiger partial charge on any atom is -0.504 e. The Kier molecular flexibility index (Phi) is 6.59. The van der Waals surface area contributed by atoms with Crippen LogP contribution >= 0.6 is 0 Å². The molecule has 5 nitrogen and oxygen atoms in total. The van der Waals surface area contributed by atoms with E-state index in [9.17, 15) is 20.1 Å². The van der Waals surface area contributed by atoms with Gasteiger partial charge in [-0.3, -0.25) is 4.79 Å². The Morgan fingerprint density at radius 1 is 1.24 bits per heavy atom. The molecule has 0 heterocycles. The molecule has 162 valence electrons. The van der Waals surface area contributed by atoms with Gasteiger partial charge in [-0.15, -0.1) is 0 Å². The van der Waals surface area contributed by atoms with Crippen LogP contribution in [0, 0.1) is 17.8 Å². The number of ketones is 1. The molecule has 0 saturated heterocycles. The molecule has 1 aromatic rings. The maximum atomic E-state index is 12.9. The number of aromatic hydroxyl groups is 2. The van der Waals surface area contributed by atoms with E-state index >= 15 is 0 Å². The van der Waals surface area contributed by atoms with Gasteiger partial charge in [0.2, 0.25) is 0 Å². The predicted molar refractivity (Wildman–Crippen MR) is 114 cm³/mol. The summed E-state index contributed by atoms with van der Waals surface area (Å²) in [5.74, 6) is 0.190. The van der Waals surface area contributed by atoms with Crippen molar-refractivity contribution < 1.29 is 20.1 Å². The zero-order valence-electron chi connectivity index (χ0n) is 18.3. The Morgan fingerprint density at radius 3 is 2.52 bits per heavy atom. The van der Waals surface area contributed by atoms with Crippen LogP contribution in [0.1, 0.15) is 64.0 Å². The van der Waals surface area contributed by atoms with Gasteiger partial charge in [-0.05, 0) is 76.1 Å². The van der Waals surface area contributed by atoms with Gasteiger partial charge in [-0.1, -0.05) is 19.9 Å². The number of aliphatic hydroxyl groups is 1. The van der Waals surface area contributed by atoms with Gasteiger partial charge in [0.15, 0.2) is 11.5 Å². The van der Waals surface area contributed by atoms with E-state index in [1.807, 2.05) is 19.9 Å². The highest BCUT2D eigenvalue weighted by molar-refractivity contribution is 5.84. The van der Waals surface area contributed by atoms with Gasteiger partial charge in [-0.2, -0.15) is 0 Å². The molecule has 0 aromatic heterocycles. The van der Waals surface area contributed by atoms with Gasteiger partial charge in [-0.25, -0.2) is 0 Å². The van der Waals surface area contributed by atoms with E-state index in [-0.39, 0.29) is 29.1 Å². The fourth-order valence-electron chi connectivity index (χ4n) is 5.62. The standard InChI is InChI=1S/C24H37NO4/c1-5-18-8-10-21(28)23(29)22(18)24(12-13-25(4)14-17-6-7-17)15(2)20(27)11-9-19(24)16(3)26/h8,10,15-17,19,26,28-29H,5-7,9,11-14H2,1-4H3. The van der Waals surface area contributed by atoms with Crippen LogP contribution in [-0.4, -0.2) is 52.2 Å². The molecule has 0 aliphatic heterocycles. The number of phenols is 2. The number of rotatable bonds is 8. The molecule has 0 amide bonds. The fourth-order valence-corrected chi connectivity index (χ4v) is 5.62. The van der Waals surface area contributed by atoms with Crippen LogP contribution < -0.4 is 0 Å². The SMILES string of the molecule is CCc1ccc(O)c(O)c1C1(CCN(C)CC2CC2)C(C)C(=O)CCC1C(C)O. The first-order valence-electron chi connectivity index (χ1n) is 11.2. The molecule has 0 bridgehead atoms. The predicted octanol–water partition coefficient (Wildman–Crippen LogP) is 3.63. The van der Waals surface area contributed by atoms with Crippen LogP contribution in [0.3, 0.4) is 0 Å². The largest absolute Gasteiger partial charge is 0.504 e. The number of aryl methyl sites for hydroxylation is 1. The summed E-state index contributed by atoms with van der Waals surface area (Å²) in [6, 6.07) is 3.38. The molecule has 2 saturated carbocycles. The van der Waals surface area contributed by atoms with E-state index in [0.717, 1.165) is 24.6 Å². The summed E-state index contributed by atoms with van der Waals surface area (Å²) < 4.78 is 0. The highest BCUT2D eigenvalue weighted by Crippen LogP contribution is 2.55. The van der Waals surface area contributed by atoms with Crippen molar-refractivity contribution in [3.8, 4) is 11.5 Å². The molecule has 2 aliphatic carbocycles. The number of carbonyl (C=O) groups is 1. The number of hydrogen-bond donors (Lipinski definition) is 3. The molecule has 1 aromatic carbocycles. The highest BCUT2D eigenvalue weighted by Gasteiger charge is 2.53. The first-order chi connectivity index (χ1) is 13.7. The van der Waals surface area contributed by atoms with E-state index in [2.05, 4.69) is 11.9 Å². The Balaban J connectivity index is 2.12. The lowest BCUT2D eigenvalue weighted by Crippen LogP contribution is -2.53.